The lowest BCUT2D eigenvalue weighted by atomic mass is 10.1. The Morgan fingerprint density at radius 2 is 1.92 bits per heavy atom. The van der Waals surface area contributed by atoms with E-state index in [2.05, 4.69) is 15.2 Å². The van der Waals surface area contributed by atoms with Crippen molar-refractivity contribution in [1.82, 2.24) is 24.3 Å². The van der Waals surface area contributed by atoms with E-state index in [4.69, 9.17) is 0 Å². The highest BCUT2D eigenvalue weighted by Crippen LogP contribution is 2.24. The van der Waals surface area contributed by atoms with Crippen LogP contribution >= 0.6 is 0 Å². The van der Waals surface area contributed by atoms with E-state index in [9.17, 15) is 13.6 Å². The molecule has 26 heavy (non-hydrogen) atoms. The van der Waals surface area contributed by atoms with Crippen molar-refractivity contribution in [2.75, 3.05) is 0 Å². The molecule has 0 amide bonds. The third-order valence-electron chi connectivity index (χ3n) is 4.17. The minimum atomic E-state index is -0.937. The molecule has 3 aromatic heterocycles. The molecule has 0 unspecified atom stereocenters. The molecule has 1 aromatic carbocycles. The molecular formula is C18H13F2N5O. The number of aryl methyl sites for hydroxylation is 1. The third kappa shape index (κ3) is 2.65. The number of rotatable bonds is 3. The van der Waals surface area contributed by atoms with Crippen molar-refractivity contribution in [1.29, 1.82) is 0 Å². The first-order chi connectivity index (χ1) is 12.5. The summed E-state index contributed by atoms with van der Waals surface area (Å²) in [4.78, 5) is 16.9. The molecule has 0 radical (unpaired) electrons. The Labute approximate surface area is 146 Å². The van der Waals surface area contributed by atoms with Gasteiger partial charge < -0.3 is 0 Å². The zero-order chi connectivity index (χ0) is 18.3. The molecule has 0 atom stereocenters. The molecule has 0 saturated carbocycles. The molecule has 4 rings (SSSR count). The summed E-state index contributed by atoms with van der Waals surface area (Å²) >= 11 is 0. The van der Waals surface area contributed by atoms with Crippen LogP contribution in [-0.2, 0) is 13.6 Å². The molecule has 6 nitrogen and oxygen atoms in total. The fraction of sp³-hybridized carbons (Fsp3) is 0.111. The summed E-state index contributed by atoms with van der Waals surface area (Å²) in [5, 5.41) is 7.82. The van der Waals surface area contributed by atoms with Gasteiger partial charge in [-0.15, -0.1) is 0 Å². The summed E-state index contributed by atoms with van der Waals surface area (Å²) in [6.45, 7) is 0.229. The second-order valence-electron chi connectivity index (χ2n) is 5.84. The second kappa shape index (κ2) is 6.14. The third-order valence-corrected chi connectivity index (χ3v) is 4.17. The number of pyridine rings is 1. The Hall–Kier alpha value is -3.42. The van der Waals surface area contributed by atoms with Crippen LogP contribution in [0.1, 0.15) is 5.69 Å². The molecule has 0 aliphatic rings. The first kappa shape index (κ1) is 16.1. The Morgan fingerprint density at radius 1 is 1.08 bits per heavy atom. The van der Waals surface area contributed by atoms with Gasteiger partial charge >= 0.3 is 5.69 Å². The fourth-order valence-electron chi connectivity index (χ4n) is 2.84. The van der Waals surface area contributed by atoms with Crippen LogP contribution in [0.3, 0.4) is 0 Å². The minimum Gasteiger partial charge on any atom is -0.284 e. The molecule has 0 saturated heterocycles. The van der Waals surface area contributed by atoms with Crippen LogP contribution < -0.4 is 5.69 Å². The first-order valence-electron chi connectivity index (χ1n) is 7.82. The van der Waals surface area contributed by atoms with Gasteiger partial charge in [-0.05, 0) is 35.9 Å². The minimum absolute atomic E-state index is 0.229. The van der Waals surface area contributed by atoms with Crippen LogP contribution in [-0.4, -0.2) is 24.3 Å². The summed E-state index contributed by atoms with van der Waals surface area (Å²) in [7, 11) is 1.63. The molecule has 0 aliphatic carbocycles. The van der Waals surface area contributed by atoms with Gasteiger partial charge in [0.05, 0.1) is 17.8 Å². The van der Waals surface area contributed by atoms with Gasteiger partial charge in [-0.25, -0.2) is 18.6 Å². The van der Waals surface area contributed by atoms with Gasteiger partial charge in [-0.1, -0.05) is 6.07 Å². The van der Waals surface area contributed by atoms with E-state index in [1.54, 1.807) is 31.4 Å². The second-order valence-corrected chi connectivity index (χ2v) is 5.84. The molecule has 0 aliphatic heterocycles. The Kier molecular flexibility index (Phi) is 3.80. The maximum atomic E-state index is 13.5. The number of fused-ring (bicyclic) bond motifs is 1. The van der Waals surface area contributed by atoms with Gasteiger partial charge in [-0.2, -0.15) is 10.2 Å². The van der Waals surface area contributed by atoms with Gasteiger partial charge in [0.25, 0.3) is 0 Å². The molecule has 0 spiro atoms. The van der Waals surface area contributed by atoms with E-state index in [1.165, 1.54) is 21.4 Å². The van der Waals surface area contributed by atoms with Crippen LogP contribution in [0.2, 0.25) is 0 Å². The quantitative estimate of drug-likeness (QED) is 0.568. The molecule has 130 valence electrons. The average molecular weight is 353 g/mol. The average Bonchev–Trinajstić information content (AvgIpc) is 2.89. The summed E-state index contributed by atoms with van der Waals surface area (Å²) in [6.07, 6.45) is 3.08. The van der Waals surface area contributed by atoms with E-state index < -0.39 is 11.6 Å². The van der Waals surface area contributed by atoms with Crippen molar-refractivity contribution >= 4 is 11.2 Å². The summed E-state index contributed by atoms with van der Waals surface area (Å²) in [5.74, 6) is -1.85. The van der Waals surface area contributed by atoms with E-state index in [-0.39, 0.29) is 12.2 Å². The number of benzene rings is 1. The van der Waals surface area contributed by atoms with Crippen LogP contribution in [0, 0.1) is 11.6 Å². The maximum Gasteiger partial charge on any atom is 0.330 e. The number of halogens is 2. The number of hydrogen-bond donors (Lipinski definition) is 0. The van der Waals surface area contributed by atoms with E-state index in [1.807, 2.05) is 0 Å². The van der Waals surface area contributed by atoms with Gasteiger partial charge in [0, 0.05) is 25.0 Å². The lowest BCUT2D eigenvalue weighted by molar-refractivity contribution is 0.509. The van der Waals surface area contributed by atoms with Crippen molar-refractivity contribution in [3.8, 4) is 11.1 Å². The Bertz CT molecular complexity index is 1170. The van der Waals surface area contributed by atoms with Gasteiger partial charge in [-0.3, -0.25) is 9.13 Å². The molecule has 3 heterocycles. The fourth-order valence-corrected chi connectivity index (χ4v) is 2.84. The highest BCUT2D eigenvalue weighted by Gasteiger charge is 2.14. The van der Waals surface area contributed by atoms with Crippen molar-refractivity contribution in [2.24, 2.45) is 7.05 Å². The van der Waals surface area contributed by atoms with E-state index in [0.29, 0.717) is 28.0 Å². The standard InChI is InChI=1S/C18H13F2N5O/c1-24-17-16(25(18(24)26)10-13-3-2-6-22-23-13)8-12(9-21-17)11-4-5-14(19)15(20)7-11/h2-9H,10H2,1H3. The van der Waals surface area contributed by atoms with Gasteiger partial charge in [0.1, 0.15) is 0 Å². The van der Waals surface area contributed by atoms with Crippen molar-refractivity contribution in [3.63, 3.8) is 0 Å². The smallest absolute Gasteiger partial charge is 0.284 e. The van der Waals surface area contributed by atoms with Crippen LogP contribution in [0.25, 0.3) is 22.3 Å². The predicted molar refractivity (Wildman–Crippen MR) is 91.5 cm³/mol. The lowest BCUT2D eigenvalue weighted by Crippen LogP contribution is -2.23. The zero-order valence-electron chi connectivity index (χ0n) is 13.7. The topological polar surface area (TPSA) is 65.6 Å². The number of nitrogens with zero attached hydrogens (tertiary/aromatic N) is 5. The normalized spacial score (nSPS) is 11.2. The maximum absolute atomic E-state index is 13.5. The lowest BCUT2D eigenvalue weighted by Gasteiger charge is -2.05. The van der Waals surface area contributed by atoms with Gasteiger partial charge in [0.15, 0.2) is 17.3 Å². The van der Waals surface area contributed by atoms with E-state index in [0.717, 1.165) is 12.1 Å². The Morgan fingerprint density at radius 3 is 2.65 bits per heavy atom. The van der Waals surface area contributed by atoms with Crippen molar-refractivity contribution < 1.29 is 8.78 Å². The molecule has 4 aromatic rings. The number of imidazole rings is 1. The molecule has 8 heteroatoms. The molecular weight excluding hydrogens is 340 g/mol. The van der Waals surface area contributed by atoms with Crippen molar-refractivity contribution in [2.45, 2.75) is 6.54 Å². The number of aromatic nitrogens is 5. The number of hydrogen-bond acceptors (Lipinski definition) is 4. The van der Waals surface area contributed by atoms with Gasteiger partial charge in [0.2, 0.25) is 0 Å². The predicted octanol–water partition coefficient (Wildman–Crippen LogP) is 2.52. The monoisotopic (exact) mass is 353 g/mol. The Balaban J connectivity index is 1.88. The molecule has 0 N–H and O–H groups in total. The van der Waals surface area contributed by atoms with Crippen molar-refractivity contribution in [3.05, 3.63) is 76.6 Å². The zero-order valence-corrected chi connectivity index (χ0v) is 13.7. The van der Waals surface area contributed by atoms with E-state index >= 15 is 0 Å². The molecule has 0 fully saturated rings. The SMILES string of the molecule is Cn1c(=O)n(Cc2cccnn2)c2cc(-c3ccc(F)c(F)c3)cnc21. The highest BCUT2D eigenvalue weighted by molar-refractivity contribution is 5.78. The summed E-state index contributed by atoms with van der Waals surface area (Å²) < 4.78 is 29.7. The largest absolute Gasteiger partial charge is 0.330 e. The summed E-state index contributed by atoms with van der Waals surface area (Å²) in [5.41, 5.74) is 2.49. The van der Waals surface area contributed by atoms with Crippen LogP contribution in [0.5, 0.6) is 0 Å². The summed E-state index contributed by atoms with van der Waals surface area (Å²) in [6, 6.07) is 8.87. The van der Waals surface area contributed by atoms with Crippen LogP contribution in [0.15, 0.2) is 53.6 Å². The highest BCUT2D eigenvalue weighted by atomic mass is 19.2. The molecule has 0 bridgehead atoms. The first-order valence-corrected chi connectivity index (χ1v) is 7.82. The van der Waals surface area contributed by atoms with Crippen LogP contribution in [0.4, 0.5) is 8.78 Å².